The van der Waals surface area contributed by atoms with Crippen LogP contribution in [-0.4, -0.2) is 23.8 Å². The number of nitrogens with zero attached hydrogens (tertiary/aromatic N) is 1. The SMILES string of the molecule is COc1cccnc1C(O)c1ccccc1OC(F)F. The number of aromatic nitrogens is 1. The van der Waals surface area contributed by atoms with E-state index in [0.717, 1.165) is 0 Å². The Balaban J connectivity index is 2.40. The van der Waals surface area contributed by atoms with Crippen LogP contribution in [0.15, 0.2) is 42.6 Å². The zero-order chi connectivity index (χ0) is 14.5. The van der Waals surface area contributed by atoms with Crippen molar-refractivity contribution in [3.8, 4) is 11.5 Å². The summed E-state index contributed by atoms with van der Waals surface area (Å²) >= 11 is 0. The summed E-state index contributed by atoms with van der Waals surface area (Å²) in [6, 6.07) is 9.30. The van der Waals surface area contributed by atoms with E-state index in [1.165, 1.54) is 25.4 Å². The van der Waals surface area contributed by atoms with Crippen molar-refractivity contribution in [1.82, 2.24) is 4.98 Å². The van der Waals surface area contributed by atoms with Gasteiger partial charge in [0.2, 0.25) is 0 Å². The number of hydrogen-bond donors (Lipinski definition) is 1. The summed E-state index contributed by atoms with van der Waals surface area (Å²) in [5, 5.41) is 10.3. The molecular weight excluding hydrogens is 268 g/mol. The van der Waals surface area contributed by atoms with E-state index in [9.17, 15) is 13.9 Å². The lowest BCUT2D eigenvalue weighted by Crippen LogP contribution is -2.09. The minimum Gasteiger partial charge on any atom is -0.495 e. The molecule has 6 heteroatoms. The molecule has 1 aromatic heterocycles. The second kappa shape index (κ2) is 6.29. The molecule has 0 aliphatic heterocycles. The quantitative estimate of drug-likeness (QED) is 0.915. The summed E-state index contributed by atoms with van der Waals surface area (Å²) in [4.78, 5) is 4.03. The van der Waals surface area contributed by atoms with Gasteiger partial charge < -0.3 is 14.6 Å². The second-order valence-electron chi connectivity index (χ2n) is 3.91. The van der Waals surface area contributed by atoms with Crippen LogP contribution in [0, 0.1) is 0 Å². The molecule has 0 aliphatic carbocycles. The zero-order valence-electron chi connectivity index (χ0n) is 10.7. The van der Waals surface area contributed by atoms with Gasteiger partial charge in [0.05, 0.1) is 7.11 Å². The number of rotatable bonds is 5. The minimum atomic E-state index is -2.96. The Kier molecular flexibility index (Phi) is 4.47. The molecule has 0 bridgehead atoms. The first-order chi connectivity index (χ1) is 9.63. The van der Waals surface area contributed by atoms with Gasteiger partial charge in [0, 0.05) is 11.8 Å². The average molecular weight is 281 g/mol. The number of methoxy groups -OCH3 is 1. The lowest BCUT2D eigenvalue weighted by atomic mass is 10.0. The summed E-state index contributed by atoms with van der Waals surface area (Å²) < 4.78 is 34.2. The highest BCUT2D eigenvalue weighted by molar-refractivity contribution is 5.42. The van der Waals surface area contributed by atoms with Crippen molar-refractivity contribution in [3.05, 3.63) is 53.9 Å². The molecule has 2 rings (SSSR count). The van der Waals surface area contributed by atoms with Gasteiger partial charge in [-0.05, 0) is 18.2 Å². The summed E-state index contributed by atoms with van der Waals surface area (Å²) in [5.41, 5.74) is 0.435. The Bertz CT molecular complexity index is 578. The van der Waals surface area contributed by atoms with Gasteiger partial charge in [-0.15, -0.1) is 0 Å². The van der Waals surface area contributed by atoms with E-state index in [1.54, 1.807) is 24.3 Å². The van der Waals surface area contributed by atoms with Crippen LogP contribution in [-0.2, 0) is 0 Å². The molecule has 1 aromatic carbocycles. The van der Waals surface area contributed by atoms with Gasteiger partial charge in [-0.2, -0.15) is 8.78 Å². The predicted molar refractivity (Wildman–Crippen MR) is 67.9 cm³/mol. The highest BCUT2D eigenvalue weighted by Gasteiger charge is 2.21. The van der Waals surface area contributed by atoms with E-state index in [1.807, 2.05) is 0 Å². The van der Waals surface area contributed by atoms with Crippen LogP contribution in [0.25, 0.3) is 0 Å². The van der Waals surface area contributed by atoms with Crippen molar-refractivity contribution in [2.24, 2.45) is 0 Å². The number of hydrogen-bond acceptors (Lipinski definition) is 4. The van der Waals surface area contributed by atoms with Crippen LogP contribution in [0.1, 0.15) is 17.4 Å². The number of halogens is 2. The average Bonchev–Trinajstić information content (AvgIpc) is 2.46. The fourth-order valence-corrected chi connectivity index (χ4v) is 1.84. The number of alkyl halides is 2. The number of aliphatic hydroxyl groups excluding tert-OH is 1. The molecule has 0 fully saturated rings. The van der Waals surface area contributed by atoms with Crippen LogP contribution < -0.4 is 9.47 Å². The first kappa shape index (κ1) is 14.2. The Morgan fingerprint density at radius 2 is 1.80 bits per heavy atom. The predicted octanol–water partition coefficient (Wildman–Crippen LogP) is 2.77. The number of pyridine rings is 1. The molecular formula is C14H13F2NO3. The number of benzene rings is 1. The van der Waals surface area contributed by atoms with E-state index >= 15 is 0 Å². The highest BCUT2D eigenvalue weighted by atomic mass is 19.3. The van der Waals surface area contributed by atoms with Crippen molar-refractivity contribution in [3.63, 3.8) is 0 Å². The van der Waals surface area contributed by atoms with Gasteiger partial charge >= 0.3 is 6.61 Å². The van der Waals surface area contributed by atoms with E-state index in [0.29, 0.717) is 5.75 Å². The number of aliphatic hydroxyl groups is 1. The van der Waals surface area contributed by atoms with Crippen molar-refractivity contribution in [2.45, 2.75) is 12.7 Å². The van der Waals surface area contributed by atoms with E-state index in [-0.39, 0.29) is 17.0 Å². The molecule has 1 atom stereocenters. The third-order valence-electron chi connectivity index (χ3n) is 2.71. The van der Waals surface area contributed by atoms with Gasteiger partial charge in [0.15, 0.2) is 0 Å². The Hall–Kier alpha value is -2.21. The molecule has 0 amide bonds. The molecule has 106 valence electrons. The van der Waals surface area contributed by atoms with Crippen molar-refractivity contribution in [1.29, 1.82) is 0 Å². The van der Waals surface area contributed by atoms with Gasteiger partial charge in [-0.1, -0.05) is 18.2 Å². The molecule has 0 radical (unpaired) electrons. The molecule has 0 aliphatic rings. The van der Waals surface area contributed by atoms with Gasteiger partial charge in [-0.25, -0.2) is 0 Å². The Morgan fingerprint density at radius 3 is 2.50 bits per heavy atom. The molecule has 2 aromatic rings. The summed E-state index contributed by atoms with van der Waals surface area (Å²) in [6.45, 7) is -2.96. The topological polar surface area (TPSA) is 51.6 Å². The largest absolute Gasteiger partial charge is 0.495 e. The zero-order valence-corrected chi connectivity index (χ0v) is 10.7. The molecule has 0 saturated heterocycles. The summed E-state index contributed by atoms with van der Waals surface area (Å²) in [5.74, 6) is 0.273. The smallest absolute Gasteiger partial charge is 0.387 e. The van der Waals surface area contributed by atoms with Crippen LogP contribution in [0.2, 0.25) is 0 Å². The van der Waals surface area contributed by atoms with E-state index in [2.05, 4.69) is 9.72 Å². The number of ether oxygens (including phenoxy) is 2. The van der Waals surface area contributed by atoms with Gasteiger partial charge in [0.25, 0.3) is 0 Å². The van der Waals surface area contributed by atoms with Crippen LogP contribution in [0.5, 0.6) is 11.5 Å². The molecule has 0 saturated carbocycles. The fraction of sp³-hybridized carbons (Fsp3) is 0.214. The van der Waals surface area contributed by atoms with E-state index < -0.39 is 12.7 Å². The standard InChI is InChI=1S/C14H13F2NO3/c1-19-11-7-4-8-17-12(11)13(18)9-5-2-3-6-10(9)20-14(15)16/h2-8,13-14,18H,1H3. The molecule has 1 heterocycles. The van der Waals surface area contributed by atoms with Gasteiger partial charge in [0.1, 0.15) is 23.3 Å². The summed E-state index contributed by atoms with van der Waals surface area (Å²) in [6.07, 6.45) is 0.263. The molecule has 4 nitrogen and oxygen atoms in total. The van der Waals surface area contributed by atoms with Crippen LogP contribution >= 0.6 is 0 Å². The van der Waals surface area contributed by atoms with Gasteiger partial charge in [-0.3, -0.25) is 4.98 Å². The molecule has 1 N–H and O–H groups in total. The van der Waals surface area contributed by atoms with Crippen molar-refractivity contribution in [2.75, 3.05) is 7.11 Å². The molecule has 0 spiro atoms. The third-order valence-corrected chi connectivity index (χ3v) is 2.71. The van der Waals surface area contributed by atoms with E-state index in [4.69, 9.17) is 4.74 Å². The minimum absolute atomic E-state index is 0.0947. The maximum absolute atomic E-state index is 12.4. The van der Waals surface area contributed by atoms with Crippen molar-refractivity contribution >= 4 is 0 Å². The molecule has 1 unspecified atom stereocenters. The Labute approximate surface area is 114 Å². The fourth-order valence-electron chi connectivity index (χ4n) is 1.84. The van der Waals surface area contributed by atoms with Crippen molar-refractivity contribution < 1.29 is 23.4 Å². The lowest BCUT2D eigenvalue weighted by Gasteiger charge is -2.17. The monoisotopic (exact) mass is 281 g/mol. The highest BCUT2D eigenvalue weighted by Crippen LogP contribution is 2.33. The first-order valence-corrected chi connectivity index (χ1v) is 5.84. The number of para-hydroxylation sites is 1. The second-order valence-corrected chi connectivity index (χ2v) is 3.91. The molecule has 20 heavy (non-hydrogen) atoms. The maximum atomic E-state index is 12.4. The normalized spacial score (nSPS) is 12.2. The Morgan fingerprint density at radius 1 is 1.10 bits per heavy atom. The van der Waals surface area contributed by atoms with Crippen LogP contribution in [0.3, 0.4) is 0 Å². The first-order valence-electron chi connectivity index (χ1n) is 5.84. The van der Waals surface area contributed by atoms with Crippen LogP contribution in [0.4, 0.5) is 8.78 Å². The summed E-state index contributed by atoms with van der Waals surface area (Å²) in [7, 11) is 1.44. The third kappa shape index (κ3) is 3.03. The lowest BCUT2D eigenvalue weighted by molar-refractivity contribution is -0.0513. The maximum Gasteiger partial charge on any atom is 0.387 e.